The van der Waals surface area contributed by atoms with Gasteiger partial charge in [-0.05, 0) is 24.3 Å². The van der Waals surface area contributed by atoms with E-state index in [1.54, 1.807) is 17.2 Å². The summed E-state index contributed by atoms with van der Waals surface area (Å²) in [5, 5.41) is 10.5. The van der Waals surface area contributed by atoms with Crippen molar-refractivity contribution in [2.24, 2.45) is 0 Å². The predicted molar refractivity (Wildman–Crippen MR) is 100 cm³/mol. The number of para-hydroxylation sites is 2. The lowest BCUT2D eigenvalue weighted by Gasteiger charge is -2.29. The maximum Gasteiger partial charge on any atom is 0.265 e. The molecule has 7 nitrogen and oxygen atoms in total. The van der Waals surface area contributed by atoms with Gasteiger partial charge in [-0.2, -0.15) is 5.10 Å². The Bertz CT molecular complexity index is 1000. The molecule has 0 radical (unpaired) electrons. The molecular weight excluding hydrogens is 400 g/mol. The average molecular weight is 415 g/mol. The number of halogens is 1. The number of nitrogens with one attached hydrogen (secondary N) is 2. The number of aromatic amines is 1. The first-order valence-corrected chi connectivity index (χ1v) is 8.86. The van der Waals surface area contributed by atoms with Crippen LogP contribution in [-0.4, -0.2) is 41.7 Å². The Morgan fingerprint density at radius 3 is 3.04 bits per heavy atom. The van der Waals surface area contributed by atoms with E-state index in [-0.39, 0.29) is 18.4 Å². The third kappa shape index (κ3) is 2.92. The van der Waals surface area contributed by atoms with Gasteiger partial charge in [-0.3, -0.25) is 14.7 Å². The Morgan fingerprint density at radius 2 is 2.15 bits per heavy atom. The molecule has 1 aliphatic rings. The van der Waals surface area contributed by atoms with Crippen molar-refractivity contribution in [2.75, 3.05) is 24.6 Å². The van der Waals surface area contributed by atoms with Crippen LogP contribution in [0.3, 0.4) is 0 Å². The summed E-state index contributed by atoms with van der Waals surface area (Å²) in [4.78, 5) is 26.3. The summed E-state index contributed by atoms with van der Waals surface area (Å²) in [5.41, 5.74) is 1.90. The number of benzene rings is 2. The summed E-state index contributed by atoms with van der Waals surface area (Å²) in [6.45, 7) is 0.699. The fourth-order valence-corrected chi connectivity index (χ4v) is 3.40. The van der Waals surface area contributed by atoms with Crippen LogP contribution < -0.4 is 15.0 Å². The number of rotatable bonds is 4. The van der Waals surface area contributed by atoms with Crippen LogP contribution in [0.1, 0.15) is 10.4 Å². The fourth-order valence-electron chi connectivity index (χ4n) is 2.97. The van der Waals surface area contributed by atoms with Crippen LogP contribution in [0.25, 0.3) is 10.9 Å². The van der Waals surface area contributed by atoms with Crippen molar-refractivity contribution < 1.29 is 14.3 Å². The zero-order valence-corrected chi connectivity index (χ0v) is 15.2. The Balaban J connectivity index is 1.46. The molecule has 0 fully saturated rings. The first-order chi connectivity index (χ1) is 12.6. The minimum Gasteiger partial charge on any atom is -0.482 e. The Hall–Kier alpha value is -2.87. The number of carbonyl (C=O) groups excluding carboxylic acids is 2. The second kappa shape index (κ2) is 6.80. The molecular formula is C18H15BrN4O3. The predicted octanol–water partition coefficient (Wildman–Crippen LogP) is 2.48. The van der Waals surface area contributed by atoms with Gasteiger partial charge in [0.05, 0.1) is 23.0 Å². The van der Waals surface area contributed by atoms with Gasteiger partial charge in [0.25, 0.3) is 11.8 Å². The number of H-pyrrole nitrogens is 1. The van der Waals surface area contributed by atoms with Crippen molar-refractivity contribution in [3.8, 4) is 5.75 Å². The van der Waals surface area contributed by atoms with Crippen LogP contribution in [-0.2, 0) is 4.79 Å². The smallest absolute Gasteiger partial charge is 0.265 e. The highest BCUT2D eigenvalue weighted by molar-refractivity contribution is 9.10. The molecule has 2 N–H and O–H groups in total. The van der Waals surface area contributed by atoms with E-state index >= 15 is 0 Å². The van der Waals surface area contributed by atoms with Crippen molar-refractivity contribution in [2.45, 2.75) is 0 Å². The maximum absolute atomic E-state index is 12.5. The standard InChI is InChI=1S/C18H15BrN4O3/c19-13-6-5-11(17-12(13)9-21-22-17)18(25)20-7-8-23-14-3-1-2-4-15(14)26-10-16(23)24/h1-6,9H,7-8,10H2,(H,20,25)(H,21,22). The van der Waals surface area contributed by atoms with Crippen molar-refractivity contribution in [1.82, 2.24) is 15.5 Å². The summed E-state index contributed by atoms with van der Waals surface area (Å²) >= 11 is 3.44. The van der Waals surface area contributed by atoms with Gasteiger partial charge in [0, 0.05) is 22.9 Å². The van der Waals surface area contributed by atoms with E-state index in [9.17, 15) is 9.59 Å². The molecule has 132 valence electrons. The summed E-state index contributed by atoms with van der Waals surface area (Å²) in [6.07, 6.45) is 1.67. The van der Waals surface area contributed by atoms with Crippen LogP contribution in [0, 0.1) is 0 Å². The van der Waals surface area contributed by atoms with Crippen molar-refractivity contribution in [3.05, 3.63) is 52.6 Å². The minimum atomic E-state index is -0.222. The Kier molecular flexibility index (Phi) is 4.34. The SMILES string of the molecule is O=C(NCCN1C(=O)COc2ccccc21)c1ccc(Br)c2cn[nH]c12. The van der Waals surface area contributed by atoms with E-state index in [1.807, 2.05) is 30.3 Å². The molecule has 8 heteroatoms. The maximum atomic E-state index is 12.5. The van der Waals surface area contributed by atoms with E-state index in [2.05, 4.69) is 31.4 Å². The highest BCUT2D eigenvalue weighted by atomic mass is 79.9. The topological polar surface area (TPSA) is 87.3 Å². The summed E-state index contributed by atoms with van der Waals surface area (Å²) in [6, 6.07) is 10.9. The molecule has 0 atom stereocenters. The molecule has 26 heavy (non-hydrogen) atoms. The Labute approximate surface area is 157 Å². The number of anilines is 1. The van der Waals surface area contributed by atoms with Crippen LogP contribution in [0.5, 0.6) is 5.75 Å². The summed E-state index contributed by atoms with van der Waals surface area (Å²) in [7, 11) is 0. The van der Waals surface area contributed by atoms with Gasteiger partial charge in [-0.25, -0.2) is 0 Å². The average Bonchev–Trinajstić information content (AvgIpc) is 3.14. The number of ether oxygens (including phenoxy) is 1. The molecule has 1 aliphatic heterocycles. The third-order valence-electron chi connectivity index (χ3n) is 4.24. The minimum absolute atomic E-state index is 0.00639. The van der Waals surface area contributed by atoms with Crippen LogP contribution in [0.2, 0.25) is 0 Å². The lowest BCUT2D eigenvalue weighted by Crippen LogP contribution is -2.43. The second-order valence-electron chi connectivity index (χ2n) is 5.81. The van der Waals surface area contributed by atoms with Gasteiger partial charge in [-0.1, -0.05) is 28.1 Å². The first kappa shape index (κ1) is 16.6. The number of aromatic nitrogens is 2. The Morgan fingerprint density at radius 1 is 1.31 bits per heavy atom. The number of carbonyl (C=O) groups is 2. The van der Waals surface area contributed by atoms with Gasteiger partial charge >= 0.3 is 0 Å². The van der Waals surface area contributed by atoms with Crippen LogP contribution >= 0.6 is 15.9 Å². The number of nitrogens with zero attached hydrogens (tertiary/aromatic N) is 2. The molecule has 2 heterocycles. The van der Waals surface area contributed by atoms with Gasteiger partial charge in [0.2, 0.25) is 0 Å². The quantitative estimate of drug-likeness (QED) is 0.686. The normalized spacial score (nSPS) is 13.4. The zero-order chi connectivity index (χ0) is 18.1. The van der Waals surface area contributed by atoms with Gasteiger partial charge in [0.1, 0.15) is 5.75 Å². The molecule has 0 saturated heterocycles. The third-order valence-corrected chi connectivity index (χ3v) is 4.93. The van der Waals surface area contributed by atoms with E-state index in [0.717, 1.165) is 15.5 Å². The molecule has 0 unspecified atom stereocenters. The van der Waals surface area contributed by atoms with Crippen molar-refractivity contribution in [1.29, 1.82) is 0 Å². The van der Waals surface area contributed by atoms with E-state index in [4.69, 9.17) is 4.74 Å². The highest BCUT2D eigenvalue weighted by Gasteiger charge is 2.24. The van der Waals surface area contributed by atoms with Crippen molar-refractivity contribution in [3.63, 3.8) is 0 Å². The number of amides is 2. The second-order valence-corrected chi connectivity index (χ2v) is 6.67. The molecule has 0 saturated carbocycles. The van der Waals surface area contributed by atoms with E-state index < -0.39 is 0 Å². The molecule has 0 bridgehead atoms. The lowest BCUT2D eigenvalue weighted by molar-refractivity contribution is -0.121. The number of hydrogen-bond acceptors (Lipinski definition) is 4. The van der Waals surface area contributed by atoms with Gasteiger partial charge in [0.15, 0.2) is 6.61 Å². The van der Waals surface area contributed by atoms with Crippen LogP contribution in [0.4, 0.5) is 5.69 Å². The van der Waals surface area contributed by atoms with Crippen LogP contribution in [0.15, 0.2) is 47.1 Å². The molecule has 2 aromatic carbocycles. The van der Waals surface area contributed by atoms with Gasteiger partial charge in [-0.15, -0.1) is 0 Å². The molecule has 3 aromatic rings. The lowest BCUT2D eigenvalue weighted by atomic mass is 10.1. The van der Waals surface area contributed by atoms with Gasteiger partial charge < -0.3 is 15.0 Å². The molecule has 4 rings (SSSR count). The zero-order valence-electron chi connectivity index (χ0n) is 13.7. The summed E-state index contributed by atoms with van der Waals surface area (Å²) in [5.74, 6) is 0.323. The highest BCUT2D eigenvalue weighted by Crippen LogP contribution is 2.31. The molecule has 2 amide bonds. The monoisotopic (exact) mass is 414 g/mol. The van der Waals surface area contributed by atoms with Crippen molar-refractivity contribution >= 4 is 44.3 Å². The first-order valence-electron chi connectivity index (χ1n) is 8.07. The van der Waals surface area contributed by atoms with E-state index in [0.29, 0.717) is 29.9 Å². The summed E-state index contributed by atoms with van der Waals surface area (Å²) < 4.78 is 6.29. The molecule has 0 spiro atoms. The largest absolute Gasteiger partial charge is 0.482 e. The van der Waals surface area contributed by atoms with E-state index in [1.165, 1.54) is 0 Å². The fraction of sp³-hybridized carbons (Fsp3) is 0.167. The molecule has 0 aliphatic carbocycles. The number of fused-ring (bicyclic) bond motifs is 2. The molecule has 1 aromatic heterocycles. The number of hydrogen-bond donors (Lipinski definition) is 2.